The Labute approximate surface area is 156 Å². The lowest BCUT2D eigenvalue weighted by Gasteiger charge is -2.32. The van der Waals surface area contributed by atoms with E-state index >= 15 is 0 Å². The Hall–Kier alpha value is -3.22. The molecule has 1 aliphatic rings. The van der Waals surface area contributed by atoms with Gasteiger partial charge in [-0.2, -0.15) is 5.10 Å². The zero-order chi connectivity index (χ0) is 19.1. The van der Waals surface area contributed by atoms with Crippen LogP contribution in [0.25, 0.3) is 22.3 Å². The topological polar surface area (TPSA) is 97.1 Å². The van der Waals surface area contributed by atoms with Crippen LogP contribution in [-0.4, -0.2) is 37.8 Å². The van der Waals surface area contributed by atoms with Crippen molar-refractivity contribution >= 4 is 22.9 Å². The SMILES string of the molecule is Cc1nn(C)c2nc(-c3ccccc3)cc(C(=O)NC3CC(C(=O)O)C3)c12. The monoisotopic (exact) mass is 364 g/mol. The maximum atomic E-state index is 13.0. The summed E-state index contributed by atoms with van der Waals surface area (Å²) in [4.78, 5) is 28.6. The van der Waals surface area contributed by atoms with Gasteiger partial charge in [0.2, 0.25) is 0 Å². The number of benzene rings is 1. The number of hydrogen-bond acceptors (Lipinski definition) is 4. The number of amides is 1. The average Bonchev–Trinajstić information content (AvgIpc) is 2.91. The highest BCUT2D eigenvalue weighted by Gasteiger charge is 2.35. The van der Waals surface area contributed by atoms with E-state index in [1.807, 2.05) is 44.3 Å². The maximum Gasteiger partial charge on any atom is 0.306 e. The molecule has 2 aromatic heterocycles. The summed E-state index contributed by atoms with van der Waals surface area (Å²) < 4.78 is 1.68. The van der Waals surface area contributed by atoms with Gasteiger partial charge in [0.1, 0.15) is 0 Å². The number of carbonyl (C=O) groups is 2. The minimum atomic E-state index is -0.804. The number of carboxylic acid groups (broad SMARTS) is 1. The molecule has 27 heavy (non-hydrogen) atoms. The fraction of sp³-hybridized carbons (Fsp3) is 0.300. The number of nitrogens with one attached hydrogen (secondary N) is 1. The summed E-state index contributed by atoms with van der Waals surface area (Å²) in [6.07, 6.45) is 0.930. The number of aromatic nitrogens is 3. The fourth-order valence-corrected chi connectivity index (χ4v) is 3.58. The van der Waals surface area contributed by atoms with Crippen molar-refractivity contribution in [2.75, 3.05) is 0 Å². The molecule has 0 radical (unpaired) electrons. The number of carboxylic acids is 1. The number of aryl methyl sites for hydroxylation is 2. The summed E-state index contributed by atoms with van der Waals surface area (Å²) in [5.41, 5.74) is 3.52. The highest BCUT2D eigenvalue weighted by Crippen LogP contribution is 2.30. The lowest BCUT2D eigenvalue weighted by atomic mass is 9.80. The van der Waals surface area contributed by atoms with Gasteiger partial charge in [0.25, 0.3) is 5.91 Å². The highest BCUT2D eigenvalue weighted by molar-refractivity contribution is 6.07. The molecule has 1 amide bonds. The summed E-state index contributed by atoms with van der Waals surface area (Å²) in [5, 5.41) is 17.1. The number of carbonyl (C=O) groups excluding carboxylic acids is 1. The van der Waals surface area contributed by atoms with Gasteiger partial charge in [-0.15, -0.1) is 0 Å². The van der Waals surface area contributed by atoms with Gasteiger partial charge in [0.05, 0.1) is 28.3 Å². The molecule has 0 unspecified atom stereocenters. The van der Waals surface area contributed by atoms with Gasteiger partial charge in [0.15, 0.2) is 5.65 Å². The molecule has 1 fully saturated rings. The fourth-order valence-electron chi connectivity index (χ4n) is 3.58. The molecule has 1 aromatic carbocycles. The number of hydrogen-bond donors (Lipinski definition) is 2. The first-order valence-corrected chi connectivity index (χ1v) is 8.87. The van der Waals surface area contributed by atoms with Crippen molar-refractivity contribution in [1.29, 1.82) is 0 Å². The molecule has 0 bridgehead atoms. The molecule has 2 heterocycles. The van der Waals surface area contributed by atoms with Gasteiger partial charge < -0.3 is 10.4 Å². The average molecular weight is 364 g/mol. The first-order valence-electron chi connectivity index (χ1n) is 8.87. The first-order chi connectivity index (χ1) is 12.9. The Morgan fingerprint density at radius 2 is 1.93 bits per heavy atom. The van der Waals surface area contributed by atoms with E-state index in [1.54, 1.807) is 10.7 Å². The number of rotatable bonds is 4. The number of fused-ring (bicyclic) bond motifs is 1. The normalized spacial score (nSPS) is 18.9. The third kappa shape index (κ3) is 3.05. The molecule has 1 saturated carbocycles. The van der Waals surface area contributed by atoms with E-state index in [2.05, 4.69) is 10.4 Å². The zero-order valence-electron chi connectivity index (χ0n) is 15.1. The molecular formula is C20H20N4O3. The second kappa shape index (κ2) is 6.50. The number of pyridine rings is 1. The predicted molar refractivity (Wildman–Crippen MR) is 100 cm³/mol. The molecule has 0 spiro atoms. The number of nitrogens with zero attached hydrogens (tertiary/aromatic N) is 3. The van der Waals surface area contributed by atoms with Crippen LogP contribution in [0.3, 0.4) is 0 Å². The van der Waals surface area contributed by atoms with Crippen molar-refractivity contribution in [1.82, 2.24) is 20.1 Å². The molecule has 7 heteroatoms. The van der Waals surface area contributed by atoms with Crippen LogP contribution >= 0.6 is 0 Å². The summed E-state index contributed by atoms with van der Waals surface area (Å²) in [6.45, 7) is 1.85. The van der Waals surface area contributed by atoms with Crippen LogP contribution in [0, 0.1) is 12.8 Å². The van der Waals surface area contributed by atoms with Crippen molar-refractivity contribution < 1.29 is 14.7 Å². The minimum Gasteiger partial charge on any atom is -0.481 e. The van der Waals surface area contributed by atoms with Crippen molar-refractivity contribution in [3.05, 3.63) is 47.7 Å². The Morgan fingerprint density at radius 3 is 2.59 bits per heavy atom. The molecule has 0 aliphatic heterocycles. The highest BCUT2D eigenvalue weighted by atomic mass is 16.4. The van der Waals surface area contributed by atoms with Gasteiger partial charge in [-0.3, -0.25) is 14.3 Å². The van der Waals surface area contributed by atoms with E-state index in [4.69, 9.17) is 10.1 Å². The van der Waals surface area contributed by atoms with Crippen molar-refractivity contribution in [2.24, 2.45) is 13.0 Å². The summed E-state index contributed by atoms with van der Waals surface area (Å²) in [6, 6.07) is 11.4. The van der Waals surface area contributed by atoms with E-state index in [1.165, 1.54) is 0 Å². The first kappa shape index (κ1) is 17.2. The van der Waals surface area contributed by atoms with Crippen LogP contribution in [0.4, 0.5) is 0 Å². The van der Waals surface area contributed by atoms with Gasteiger partial charge in [-0.25, -0.2) is 4.98 Å². The Balaban J connectivity index is 1.72. The van der Waals surface area contributed by atoms with Crippen LogP contribution in [0.15, 0.2) is 36.4 Å². The molecule has 7 nitrogen and oxygen atoms in total. The molecule has 0 atom stereocenters. The molecule has 1 aliphatic carbocycles. The second-order valence-corrected chi connectivity index (χ2v) is 7.01. The van der Waals surface area contributed by atoms with Crippen molar-refractivity contribution in [2.45, 2.75) is 25.8 Å². The zero-order valence-corrected chi connectivity index (χ0v) is 15.1. The molecule has 3 aromatic rings. The smallest absolute Gasteiger partial charge is 0.306 e. The Morgan fingerprint density at radius 1 is 1.22 bits per heavy atom. The van der Waals surface area contributed by atoms with Gasteiger partial charge in [-0.1, -0.05) is 30.3 Å². The minimum absolute atomic E-state index is 0.112. The maximum absolute atomic E-state index is 13.0. The predicted octanol–water partition coefficient (Wildman–Crippen LogP) is 2.54. The standard InChI is InChI=1S/C20H20N4O3/c1-11-17-15(19(25)21-14-8-13(9-14)20(26)27)10-16(12-6-4-3-5-7-12)22-18(17)24(2)23-11/h3-7,10,13-14H,8-9H2,1-2H3,(H,21,25)(H,26,27). The van der Waals surface area contributed by atoms with E-state index in [0.717, 1.165) is 16.6 Å². The third-order valence-corrected chi connectivity index (χ3v) is 5.11. The summed E-state index contributed by atoms with van der Waals surface area (Å²) in [5.74, 6) is -1.39. The van der Waals surface area contributed by atoms with Crippen molar-refractivity contribution in [3.63, 3.8) is 0 Å². The van der Waals surface area contributed by atoms with E-state index in [-0.39, 0.29) is 17.9 Å². The van der Waals surface area contributed by atoms with Gasteiger partial charge in [-0.05, 0) is 25.8 Å². The van der Waals surface area contributed by atoms with Gasteiger partial charge >= 0.3 is 5.97 Å². The quantitative estimate of drug-likeness (QED) is 0.741. The van der Waals surface area contributed by atoms with Crippen LogP contribution in [0.1, 0.15) is 28.9 Å². The number of aliphatic carboxylic acids is 1. The molecule has 138 valence electrons. The van der Waals surface area contributed by atoms with Crippen molar-refractivity contribution in [3.8, 4) is 11.3 Å². The largest absolute Gasteiger partial charge is 0.481 e. The van der Waals surface area contributed by atoms with E-state index in [9.17, 15) is 9.59 Å². The van der Waals surface area contributed by atoms with Gasteiger partial charge in [0, 0.05) is 18.7 Å². The van der Waals surface area contributed by atoms with E-state index in [0.29, 0.717) is 29.7 Å². The van der Waals surface area contributed by atoms with E-state index < -0.39 is 5.97 Å². The third-order valence-electron chi connectivity index (χ3n) is 5.11. The second-order valence-electron chi connectivity index (χ2n) is 7.01. The molecule has 2 N–H and O–H groups in total. The molecule has 0 saturated heterocycles. The lowest BCUT2D eigenvalue weighted by molar-refractivity contribution is -0.145. The van der Waals surface area contributed by atoms with Crippen LogP contribution in [-0.2, 0) is 11.8 Å². The van der Waals surface area contributed by atoms with Crippen LogP contribution in [0.2, 0.25) is 0 Å². The molecule has 4 rings (SSSR count). The Bertz CT molecular complexity index is 1040. The molecular weight excluding hydrogens is 344 g/mol. The Kier molecular flexibility index (Phi) is 4.14. The summed E-state index contributed by atoms with van der Waals surface area (Å²) >= 11 is 0. The van der Waals surface area contributed by atoms with Crippen LogP contribution in [0.5, 0.6) is 0 Å². The lowest BCUT2D eigenvalue weighted by Crippen LogP contribution is -2.46. The van der Waals surface area contributed by atoms with Crippen LogP contribution < -0.4 is 5.32 Å². The summed E-state index contributed by atoms with van der Waals surface area (Å²) in [7, 11) is 1.81.